The number of ether oxygens (including phenoxy) is 2. The molecule has 3 heterocycles. The first-order valence-corrected chi connectivity index (χ1v) is 8.18. The van der Waals surface area contributed by atoms with Crippen LogP contribution in [0.4, 0.5) is 0 Å². The van der Waals surface area contributed by atoms with Gasteiger partial charge in [0.05, 0.1) is 13.7 Å². The average molecular weight is 338 g/mol. The summed E-state index contributed by atoms with van der Waals surface area (Å²) >= 11 is 0. The fourth-order valence-electron chi connectivity index (χ4n) is 3.05. The number of hydrogen-bond donors (Lipinski definition) is 0. The second-order valence-electron chi connectivity index (χ2n) is 5.94. The molecule has 1 saturated heterocycles. The number of fused-ring (bicyclic) bond motifs is 1. The van der Waals surface area contributed by atoms with Crippen molar-refractivity contribution in [3.05, 3.63) is 54.4 Å². The molecule has 1 amide bonds. The van der Waals surface area contributed by atoms with Gasteiger partial charge in [-0.05, 0) is 18.2 Å². The summed E-state index contributed by atoms with van der Waals surface area (Å²) < 4.78 is 16.9. The highest BCUT2D eigenvalue weighted by Crippen LogP contribution is 2.29. The zero-order chi connectivity index (χ0) is 17.2. The highest BCUT2D eigenvalue weighted by molar-refractivity contribution is 5.97. The van der Waals surface area contributed by atoms with E-state index in [4.69, 9.17) is 13.9 Å². The molecule has 0 N–H and O–H groups in total. The van der Waals surface area contributed by atoms with Crippen LogP contribution in [0.2, 0.25) is 0 Å². The number of furan rings is 1. The van der Waals surface area contributed by atoms with E-state index >= 15 is 0 Å². The van der Waals surface area contributed by atoms with Crippen molar-refractivity contribution in [2.24, 2.45) is 0 Å². The molecule has 0 radical (unpaired) electrons. The summed E-state index contributed by atoms with van der Waals surface area (Å²) in [4.78, 5) is 18.6. The highest BCUT2D eigenvalue weighted by atomic mass is 16.5. The Bertz CT molecular complexity index is 891. The molecule has 6 heteroatoms. The molecule has 128 valence electrons. The van der Waals surface area contributed by atoms with E-state index in [2.05, 4.69) is 4.98 Å². The van der Waals surface area contributed by atoms with Crippen LogP contribution in [-0.4, -0.2) is 42.1 Å². The minimum atomic E-state index is -0.134. The summed E-state index contributed by atoms with van der Waals surface area (Å²) in [6.45, 7) is 1.15. The molecule has 1 fully saturated rings. The van der Waals surface area contributed by atoms with Gasteiger partial charge < -0.3 is 18.8 Å². The first-order valence-electron chi connectivity index (χ1n) is 8.18. The Labute approximate surface area is 145 Å². The van der Waals surface area contributed by atoms with Gasteiger partial charge in [-0.1, -0.05) is 18.2 Å². The number of nitrogens with zero attached hydrogens (tertiary/aromatic N) is 2. The van der Waals surface area contributed by atoms with Gasteiger partial charge in [0.1, 0.15) is 6.10 Å². The van der Waals surface area contributed by atoms with Gasteiger partial charge in [-0.3, -0.25) is 4.79 Å². The second kappa shape index (κ2) is 6.47. The third-order valence-electron chi connectivity index (χ3n) is 4.30. The fraction of sp³-hybridized carbons (Fsp3) is 0.263. The van der Waals surface area contributed by atoms with Crippen LogP contribution in [0, 0.1) is 0 Å². The van der Waals surface area contributed by atoms with E-state index in [0.717, 1.165) is 11.8 Å². The number of methoxy groups -OCH3 is 1. The van der Waals surface area contributed by atoms with Crippen LogP contribution in [-0.2, 0) is 0 Å². The monoisotopic (exact) mass is 338 g/mol. The largest absolute Gasteiger partial charge is 0.493 e. The third-order valence-corrected chi connectivity index (χ3v) is 4.30. The van der Waals surface area contributed by atoms with Crippen LogP contribution >= 0.6 is 0 Å². The molecular formula is C19H18N2O4. The van der Waals surface area contributed by atoms with Gasteiger partial charge in [0.15, 0.2) is 17.1 Å². The Kier molecular flexibility index (Phi) is 4.01. The van der Waals surface area contributed by atoms with Gasteiger partial charge in [-0.25, -0.2) is 4.98 Å². The number of para-hydroxylation sites is 1. The minimum absolute atomic E-state index is 0.0576. The lowest BCUT2D eigenvalue weighted by molar-refractivity contribution is 0.0742. The van der Waals surface area contributed by atoms with E-state index in [9.17, 15) is 4.79 Å². The molecule has 25 heavy (non-hydrogen) atoms. The SMILES string of the molecule is COc1cccc2cc(C(=O)N3CCC(Oc4ccccn4)C3)oc12. The van der Waals surface area contributed by atoms with Crippen molar-refractivity contribution in [3.63, 3.8) is 0 Å². The predicted molar refractivity (Wildman–Crippen MR) is 91.9 cm³/mol. The van der Waals surface area contributed by atoms with Crippen molar-refractivity contribution in [1.82, 2.24) is 9.88 Å². The fourth-order valence-corrected chi connectivity index (χ4v) is 3.05. The molecule has 1 unspecified atom stereocenters. The van der Waals surface area contributed by atoms with Gasteiger partial charge in [0.25, 0.3) is 5.91 Å². The molecule has 1 aromatic carbocycles. The molecule has 1 aliphatic rings. The standard InChI is InChI=1S/C19H18N2O4/c1-23-15-6-4-5-13-11-16(25-18(13)15)19(22)21-10-8-14(12-21)24-17-7-2-3-9-20-17/h2-7,9,11,14H,8,10,12H2,1H3. The molecule has 4 rings (SSSR count). The van der Waals surface area contributed by atoms with Crippen LogP contribution in [0.3, 0.4) is 0 Å². The van der Waals surface area contributed by atoms with E-state index in [1.807, 2.05) is 36.4 Å². The van der Waals surface area contributed by atoms with Crippen LogP contribution in [0.15, 0.2) is 53.1 Å². The molecule has 2 aromatic heterocycles. The van der Waals surface area contributed by atoms with Crippen molar-refractivity contribution in [3.8, 4) is 11.6 Å². The summed E-state index contributed by atoms with van der Waals surface area (Å²) in [7, 11) is 1.58. The van der Waals surface area contributed by atoms with Gasteiger partial charge >= 0.3 is 0 Å². The molecule has 3 aromatic rings. The summed E-state index contributed by atoms with van der Waals surface area (Å²) in [5.74, 6) is 1.38. The predicted octanol–water partition coefficient (Wildman–Crippen LogP) is 3.13. The molecule has 0 aliphatic carbocycles. The van der Waals surface area contributed by atoms with Crippen LogP contribution in [0.5, 0.6) is 11.6 Å². The topological polar surface area (TPSA) is 64.8 Å². The number of carbonyl (C=O) groups excluding carboxylic acids is 1. The molecule has 1 atom stereocenters. The first-order chi connectivity index (χ1) is 12.2. The van der Waals surface area contributed by atoms with Gasteiger partial charge in [-0.15, -0.1) is 0 Å². The van der Waals surface area contributed by atoms with Gasteiger partial charge in [0.2, 0.25) is 5.88 Å². The zero-order valence-corrected chi connectivity index (χ0v) is 13.8. The number of hydrogen-bond acceptors (Lipinski definition) is 5. The average Bonchev–Trinajstić information content (AvgIpc) is 3.28. The number of benzene rings is 1. The zero-order valence-electron chi connectivity index (χ0n) is 13.8. The maximum absolute atomic E-state index is 12.7. The Balaban J connectivity index is 1.48. The number of carbonyl (C=O) groups is 1. The molecule has 0 bridgehead atoms. The summed E-state index contributed by atoms with van der Waals surface area (Å²) in [6.07, 6.45) is 2.40. The summed E-state index contributed by atoms with van der Waals surface area (Å²) in [6, 6.07) is 12.9. The van der Waals surface area contributed by atoms with E-state index in [-0.39, 0.29) is 12.0 Å². The van der Waals surface area contributed by atoms with Crippen LogP contribution in [0.25, 0.3) is 11.0 Å². The van der Waals surface area contributed by atoms with Crippen molar-refractivity contribution >= 4 is 16.9 Å². The van der Waals surface area contributed by atoms with Gasteiger partial charge in [0, 0.05) is 30.6 Å². The van der Waals surface area contributed by atoms with E-state index in [0.29, 0.717) is 36.1 Å². The Morgan fingerprint density at radius 1 is 1.28 bits per heavy atom. The van der Waals surface area contributed by atoms with E-state index < -0.39 is 0 Å². The van der Waals surface area contributed by atoms with Gasteiger partial charge in [-0.2, -0.15) is 0 Å². The first kappa shape index (κ1) is 15.5. The lowest BCUT2D eigenvalue weighted by atomic mass is 10.2. The molecule has 0 spiro atoms. The number of pyridine rings is 1. The Morgan fingerprint density at radius 3 is 3.00 bits per heavy atom. The maximum Gasteiger partial charge on any atom is 0.289 e. The quantitative estimate of drug-likeness (QED) is 0.731. The molecular weight excluding hydrogens is 320 g/mol. The number of likely N-dealkylation sites (tertiary alicyclic amines) is 1. The maximum atomic E-state index is 12.7. The van der Waals surface area contributed by atoms with Crippen molar-refractivity contribution in [1.29, 1.82) is 0 Å². The normalized spacial score (nSPS) is 17.0. The van der Waals surface area contributed by atoms with Crippen LogP contribution in [0.1, 0.15) is 17.0 Å². The van der Waals surface area contributed by atoms with Crippen molar-refractivity contribution in [2.45, 2.75) is 12.5 Å². The number of rotatable bonds is 4. The minimum Gasteiger partial charge on any atom is -0.493 e. The lowest BCUT2D eigenvalue weighted by Crippen LogP contribution is -2.30. The van der Waals surface area contributed by atoms with Crippen molar-refractivity contribution < 1.29 is 18.7 Å². The molecule has 0 saturated carbocycles. The van der Waals surface area contributed by atoms with Crippen LogP contribution < -0.4 is 9.47 Å². The van der Waals surface area contributed by atoms with Crippen molar-refractivity contribution in [2.75, 3.05) is 20.2 Å². The van der Waals surface area contributed by atoms with E-state index in [1.54, 1.807) is 24.3 Å². The molecule has 1 aliphatic heterocycles. The number of aromatic nitrogens is 1. The third kappa shape index (κ3) is 3.03. The Morgan fingerprint density at radius 2 is 2.20 bits per heavy atom. The highest BCUT2D eigenvalue weighted by Gasteiger charge is 2.30. The molecule has 6 nitrogen and oxygen atoms in total. The second-order valence-corrected chi connectivity index (χ2v) is 5.94. The summed E-state index contributed by atoms with van der Waals surface area (Å²) in [5.41, 5.74) is 0.592. The smallest absolute Gasteiger partial charge is 0.289 e. The lowest BCUT2D eigenvalue weighted by Gasteiger charge is -2.15. The number of amides is 1. The van der Waals surface area contributed by atoms with E-state index in [1.165, 1.54) is 0 Å². The summed E-state index contributed by atoms with van der Waals surface area (Å²) in [5, 5.41) is 0.850. The Hall–Kier alpha value is -3.02.